The molecule has 2 aromatic rings. The van der Waals surface area contributed by atoms with Crippen molar-refractivity contribution in [1.29, 1.82) is 0 Å². The van der Waals surface area contributed by atoms with Gasteiger partial charge in [0.05, 0.1) is 5.56 Å². The minimum atomic E-state index is -0.339. The summed E-state index contributed by atoms with van der Waals surface area (Å²) in [4.78, 5) is 20.4. The Labute approximate surface area is 170 Å². The van der Waals surface area contributed by atoms with E-state index in [1.54, 1.807) is 12.1 Å². The number of halogens is 4. The highest BCUT2D eigenvalue weighted by atomic mass is 35.5. The molecule has 0 radical (unpaired) electrons. The van der Waals surface area contributed by atoms with E-state index in [1.165, 1.54) is 24.5 Å². The molecule has 0 spiro atoms. The molecule has 1 aromatic heterocycles. The first-order valence-electron chi connectivity index (χ1n) is 7.79. The summed E-state index contributed by atoms with van der Waals surface area (Å²) in [6.45, 7) is 2.65. The quantitative estimate of drug-likeness (QED) is 0.792. The van der Waals surface area contributed by atoms with E-state index in [-0.39, 0.29) is 48.9 Å². The molecule has 1 atom stereocenters. The second-order valence-electron chi connectivity index (χ2n) is 5.73. The van der Waals surface area contributed by atoms with Crippen molar-refractivity contribution in [3.63, 3.8) is 0 Å². The van der Waals surface area contributed by atoms with Crippen LogP contribution in [0.3, 0.4) is 0 Å². The third-order valence-electron chi connectivity index (χ3n) is 3.95. The average molecular weight is 424 g/mol. The number of amides is 1. The van der Waals surface area contributed by atoms with Crippen LogP contribution in [0.2, 0.25) is 0 Å². The highest BCUT2D eigenvalue weighted by Gasteiger charge is 2.15. The van der Waals surface area contributed by atoms with Gasteiger partial charge in [0, 0.05) is 24.5 Å². The van der Waals surface area contributed by atoms with Crippen LogP contribution in [0.4, 0.5) is 4.39 Å². The van der Waals surface area contributed by atoms with Gasteiger partial charge in [0.25, 0.3) is 5.91 Å². The van der Waals surface area contributed by atoms with Gasteiger partial charge in [-0.2, -0.15) is 0 Å². The molecule has 1 aromatic carbocycles. The first-order valence-corrected chi connectivity index (χ1v) is 7.79. The molecule has 5 nitrogen and oxygen atoms in total. The van der Waals surface area contributed by atoms with E-state index in [4.69, 9.17) is 0 Å². The van der Waals surface area contributed by atoms with Crippen LogP contribution < -0.4 is 10.6 Å². The molecule has 1 saturated heterocycles. The lowest BCUT2D eigenvalue weighted by Crippen LogP contribution is -2.38. The van der Waals surface area contributed by atoms with Crippen molar-refractivity contribution >= 4 is 43.1 Å². The van der Waals surface area contributed by atoms with Crippen LogP contribution >= 0.6 is 37.2 Å². The lowest BCUT2D eigenvalue weighted by atomic mass is 10.00. The lowest BCUT2D eigenvalue weighted by molar-refractivity contribution is 0.0944. The maximum absolute atomic E-state index is 13.2. The number of carbonyl (C=O) groups is 1. The molecule has 26 heavy (non-hydrogen) atoms. The molecule has 9 heteroatoms. The van der Waals surface area contributed by atoms with Crippen LogP contribution in [0.25, 0.3) is 11.4 Å². The zero-order valence-corrected chi connectivity index (χ0v) is 16.4. The van der Waals surface area contributed by atoms with Crippen LogP contribution in [0.1, 0.15) is 23.2 Å². The molecule has 1 amide bonds. The highest BCUT2D eigenvalue weighted by Crippen LogP contribution is 2.15. The minimum absolute atomic E-state index is 0. The summed E-state index contributed by atoms with van der Waals surface area (Å²) in [5.74, 6) is 0.355. The third-order valence-corrected chi connectivity index (χ3v) is 3.95. The molecular formula is C17H22Cl3FN4O. The summed E-state index contributed by atoms with van der Waals surface area (Å²) in [7, 11) is 0. The van der Waals surface area contributed by atoms with Crippen molar-refractivity contribution in [3.8, 4) is 11.4 Å². The molecular weight excluding hydrogens is 402 g/mol. The number of aromatic nitrogens is 2. The fourth-order valence-electron chi connectivity index (χ4n) is 2.66. The molecule has 1 aliphatic rings. The number of nitrogens with zero attached hydrogens (tertiary/aromatic N) is 2. The molecule has 3 rings (SSSR count). The van der Waals surface area contributed by atoms with Gasteiger partial charge in [-0.25, -0.2) is 14.4 Å². The fourth-order valence-corrected chi connectivity index (χ4v) is 2.66. The molecule has 0 aliphatic carbocycles. The summed E-state index contributed by atoms with van der Waals surface area (Å²) < 4.78 is 13.2. The lowest BCUT2D eigenvalue weighted by Gasteiger charge is -2.22. The summed E-state index contributed by atoms with van der Waals surface area (Å²) >= 11 is 0. The SMILES string of the molecule is Cl.Cl.Cl.O=C(NCC1CCCNC1)c1cnc(-c2cccc(F)c2)nc1. The summed E-state index contributed by atoms with van der Waals surface area (Å²) in [6.07, 6.45) is 5.22. The topological polar surface area (TPSA) is 66.9 Å². The Kier molecular flexibility index (Phi) is 11.3. The van der Waals surface area contributed by atoms with Crippen molar-refractivity contribution in [1.82, 2.24) is 20.6 Å². The largest absolute Gasteiger partial charge is 0.352 e. The first-order chi connectivity index (χ1) is 11.2. The fraction of sp³-hybridized carbons (Fsp3) is 0.353. The first kappa shape index (κ1) is 24.5. The van der Waals surface area contributed by atoms with E-state index in [2.05, 4.69) is 20.6 Å². The van der Waals surface area contributed by atoms with Crippen molar-refractivity contribution in [2.45, 2.75) is 12.8 Å². The maximum atomic E-state index is 13.2. The van der Waals surface area contributed by atoms with Crippen molar-refractivity contribution in [2.75, 3.05) is 19.6 Å². The van der Waals surface area contributed by atoms with Gasteiger partial charge in [-0.05, 0) is 44.0 Å². The van der Waals surface area contributed by atoms with Gasteiger partial charge in [-0.1, -0.05) is 12.1 Å². The number of hydrogen-bond acceptors (Lipinski definition) is 4. The zero-order chi connectivity index (χ0) is 16.1. The van der Waals surface area contributed by atoms with Gasteiger partial charge in [0.15, 0.2) is 5.82 Å². The molecule has 2 N–H and O–H groups in total. The molecule has 1 aliphatic heterocycles. The van der Waals surface area contributed by atoms with E-state index in [1.807, 2.05) is 0 Å². The highest BCUT2D eigenvalue weighted by molar-refractivity contribution is 5.93. The van der Waals surface area contributed by atoms with Crippen LogP contribution in [-0.4, -0.2) is 35.5 Å². The predicted octanol–water partition coefficient (Wildman–Crippen LogP) is 3.28. The minimum Gasteiger partial charge on any atom is -0.352 e. The standard InChI is InChI=1S/C17H19FN4O.3ClH/c18-15-5-1-4-13(7-15)16-20-10-14(11-21-16)17(23)22-9-12-3-2-6-19-8-12;;;/h1,4-5,7,10-12,19H,2-3,6,8-9H2,(H,22,23);3*1H. The van der Waals surface area contributed by atoms with E-state index in [0.29, 0.717) is 29.4 Å². The van der Waals surface area contributed by atoms with Gasteiger partial charge in [0.2, 0.25) is 0 Å². The Bertz CT molecular complexity index is 682. The van der Waals surface area contributed by atoms with Crippen LogP contribution in [0, 0.1) is 11.7 Å². The molecule has 2 heterocycles. The number of nitrogens with one attached hydrogen (secondary N) is 2. The molecule has 144 valence electrons. The number of carbonyl (C=O) groups excluding carboxylic acids is 1. The van der Waals surface area contributed by atoms with Gasteiger partial charge in [-0.15, -0.1) is 37.2 Å². The maximum Gasteiger partial charge on any atom is 0.254 e. The molecule has 1 unspecified atom stereocenters. The number of hydrogen-bond donors (Lipinski definition) is 2. The van der Waals surface area contributed by atoms with Gasteiger partial charge >= 0.3 is 0 Å². The van der Waals surface area contributed by atoms with E-state index in [0.717, 1.165) is 25.9 Å². The molecule has 0 saturated carbocycles. The van der Waals surface area contributed by atoms with Crippen molar-refractivity contribution < 1.29 is 9.18 Å². The van der Waals surface area contributed by atoms with Crippen LogP contribution in [0.5, 0.6) is 0 Å². The normalized spacial score (nSPS) is 15.7. The second-order valence-corrected chi connectivity index (χ2v) is 5.73. The zero-order valence-electron chi connectivity index (χ0n) is 14.0. The molecule has 1 fully saturated rings. The Morgan fingerprint density at radius 3 is 2.58 bits per heavy atom. The van der Waals surface area contributed by atoms with Gasteiger partial charge < -0.3 is 10.6 Å². The predicted molar refractivity (Wildman–Crippen MR) is 107 cm³/mol. The van der Waals surface area contributed by atoms with E-state index < -0.39 is 0 Å². The Balaban J connectivity index is 0.00000208. The van der Waals surface area contributed by atoms with E-state index in [9.17, 15) is 9.18 Å². The summed E-state index contributed by atoms with van der Waals surface area (Å²) in [6, 6.07) is 6.07. The molecule has 0 bridgehead atoms. The average Bonchev–Trinajstić information content (AvgIpc) is 2.61. The van der Waals surface area contributed by atoms with E-state index >= 15 is 0 Å². The summed E-state index contributed by atoms with van der Waals surface area (Å²) in [5.41, 5.74) is 0.999. The van der Waals surface area contributed by atoms with Crippen LogP contribution in [-0.2, 0) is 0 Å². The van der Waals surface area contributed by atoms with Crippen molar-refractivity contribution in [3.05, 3.63) is 48.0 Å². The third kappa shape index (κ3) is 6.68. The van der Waals surface area contributed by atoms with Gasteiger partial charge in [0.1, 0.15) is 5.82 Å². The Hall–Kier alpha value is -1.47. The van der Waals surface area contributed by atoms with Crippen LogP contribution in [0.15, 0.2) is 36.7 Å². The smallest absolute Gasteiger partial charge is 0.254 e. The Morgan fingerprint density at radius 1 is 1.23 bits per heavy atom. The monoisotopic (exact) mass is 422 g/mol. The second kappa shape index (κ2) is 12.0. The summed E-state index contributed by atoms with van der Waals surface area (Å²) in [5, 5.41) is 6.24. The number of rotatable bonds is 4. The Morgan fingerprint density at radius 2 is 1.96 bits per heavy atom. The van der Waals surface area contributed by atoms with Gasteiger partial charge in [-0.3, -0.25) is 4.79 Å². The number of piperidine rings is 1. The number of benzene rings is 1. The van der Waals surface area contributed by atoms with Crippen molar-refractivity contribution in [2.24, 2.45) is 5.92 Å².